The van der Waals surface area contributed by atoms with Crippen LogP contribution in [0.1, 0.15) is 37.8 Å². The van der Waals surface area contributed by atoms with E-state index in [-0.39, 0.29) is 11.4 Å². The molecule has 1 aromatic carbocycles. The largest absolute Gasteiger partial charge is 0.311 e. The zero-order valence-electron chi connectivity index (χ0n) is 15.3. The Balaban J connectivity index is 1.82. The van der Waals surface area contributed by atoms with E-state index in [0.717, 1.165) is 30.8 Å². The van der Waals surface area contributed by atoms with Gasteiger partial charge in [-0.1, -0.05) is 12.1 Å². The maximum Gasteiger partial charge on any atom is 0.127 e. The molecule has 1 fully saturated rings. The van der Waals surface area contributed by atoms with E-state index in [1.807, 2.05) is 19.1 Å². The molecule has 1 N–H and O–H groups in total. The van der Waals surface area contributed by atoms with Crippen LogP contribution >= 0.6 is 0 Å². The summed E-state index contributed by atoms with van der Waals surface area (Å²) in [5.41, 5.74) is 1.81. The van der Waals surface area contributed by atoms with Crippen molar-refractivity contribution in [1.82, 2.24) is 15.1 Å². The molecule has 4 heteroatoms. The highest BCUT2D eigenvalue weighted by Gasteiger charge is 2.30. The van der Waals surface area contributed by atoms with Crippen LogP contribution in [0.15, 0.2) is 18.2 Å². The number of likely N-dealkylation sites (tertiary alicyclic amines) is 1. The van der Waals surface area contributed by atoms with Crippen molar-refractivity contribution in [2.45, 2.75) is 51.7 Å². The first-order chi connectivity index (χ1) is 10.8. The summed E-state index contributed by atoms with van der Waals surface area (Å²) in [5.74, 6) is -0.109. The molecular formula is C19H32FN3. The number of halogens is 1. The number of piperidine rings is 1. The third kappa shape index (κ3) is 5.00. The number of hydrogen-bond acceptors (Lipinski definition) is 3. The van der Waals surface area contributed by atoms with Gasteiger partial charge in [0.25, 0.3) is 0 Å². The van der Waals surface area contributed by atoms with Gasteiger partial charge in [0.1, 0.15) is 5.82 Å². The Labute approximate surface area is 140 Å². The molecule has 0 spiro atoms. The van der Waals surface area contributed by atoms with Gasteiger partial charge in [-0.2, -0.15) is 0 Å². The van der Waals surface area contributed by atoms with Crippen LogP contribution in [0.5, 0.6) is 0 Å². The van der Waals surface area contributed by atoms with Crippen molar-refractivity contribution in [3.63, 3.8) is 0 Å². The van der Waals surface area contributed by atoms with Gasteiger partial charge in [-0.3, -0.25) is 4.90 Å². The zero-order valence-corrected chi connectivity index (χ0v) is 15.3. The Morgan fingerprint density at radius 3 is 2.48 bits per heavy atom. The molecule has 0 aliphatic carbocycles. The highest BCUT2D eigenvalue weighted by molar-refractivity contribution is 5.23. The summed E-state index contributed by atoms with van der Waals surface area (Å²) in [4.78, 5) is 4.90. The number of rotatable bonds is 6. The Hall–Kier alpha value is -0.970. The minimum absolute atomic E-state index is 0.0957. The molecule has 1 aliphatic heterocycles. The molecule has 2 rings (SSSR count). The van der Waals surface area contributed by atoms with E-state index in [2.05, 4.69) is 43.1 Å². The van der Waals surface area contributed by atoms with Crippen LogP contribution in [0.4, 0.5) is 4.39 Å². The van der Waals surface area contributed by atoms with Crippen molar-refractivity contribution >= 4 is 0 Å². The minimum atomic E-state index is -0.109. The number of nitrogens with zero attached hydrogens (tertiary/aromatic N) is 2. The molecule has 0 bridgehead atoms. The molecule has 0 radical (unpaired) electrons. The Morgan fingerprint density at radius 1 is 1.26 bits per heavy atom. The van der Waals surface area contributed by atoms with Crippen molar-refractivity contribution in [2.24, 2.45) is 0 Å². The molecular weight excluding hydrogens is 289 g/mol. The molecule has 1 saturated heterocycles. The average molecular weight is 321 g/mol. The normalized spacial score (nSPS) is 17.9. The fourth-order valence-electron chi connectivity index (χ4n) is 3.40. The third-order valence-corrected chi connectivity index (χ3v) is 5.13. The molecule has 23 heavy (non-hydrogen) atoms. The van der Waals surface area contributed by atoms with Crippen LogP contribution in [0.25, 0.3) is 0 Å². The highest BCUT2D eigenvalue weighted by atomic mass is 19.1. The average Bonchev–Trinajstić information content (AvgIpc) is 2.49. The van der Waals surface area contributed by atoms with Crippen molar-refractivity contribution in [3.05, 3.63) is 35.1 Å². The predicted molar refractivity (Wildman–Crippen MR) is 95.2 cm³/mol. The first kappa shape index (κ1) is 18.4. The number of aryl methyl sites for hydroxylation is 1. The summed E-state index contributed by atoms with van der Waals surface area (Å²) in [6.07, 6.45) is 2.45. The maximum absolute atomic E-state index is 13.9. The summed E-state index contributed by atoms with van der Waals surface area (Å²) >= 11 is 0. The summed E-state index contributed by atoms with van der Waals surface area (Å²) in [5, 5.41) is 3.44. The van der Waals surface area contributed by atoms with Crippen LogP contribution in [0.2, 0.25) is 0 Å². The van der Waals surface area contributed by atoms with E-state index >= 15 is 0 Å². The van der Waals surface area contributed by atoms with E-state index < -0.39 is 0 Å². The molecule has 0 unspecified atom stereocenters. The highest BCUT2D eigenvalue weighted by Crippen LogP contribution is 2.22. The Morgan fingerprint density at radius 2 is 1.91 bits per heavy atom. The third-order valence-electron chi connectivity index (χ3n) is 5.13. The lowest BCUT2D eigenvalue weighted by molar-refractivity contribution is 0.0616. The fraction of sp³-hybridized carbons (Fsp3) is 0.684. The Kier molecular flexibility index (Phi) is 6.18. The van der Waals surface area contributed by atoms with Gasteiger partial charge in [0.2, 0.25) is 0 Å². The van der Waals surface area contributed by atoms with E-state index in [1.165, 1.54) is 12.8 Å². The van der Waals surface area contributed by atoms with Gasteiger partial charge in [-0.25, -0.2) is 4.39 Å². The number of nitrogens with one attached hydrogen (secondary N) is 1. The summed E-state index contributed by atoms with van der Waals surface area (Å²) < 4.78 is 13.9. The molecule has 1 heterocycles. The van der Waals surface area contributed by atoms with Crippen molar-refractivity contribution in [1.29, 1.82) is 0 Å². The second-order valence-corrected chi connectivity index (χ2v) is 7.69. The van der Waals surface area contributed by atoms with Gasteiger partial charge in [-0.15, -0.1) is 0 Å². The quantitative estimate of drug-likeness (QED) is 0.869. The maximum atomic E-state index is 13.9. The van der Waals surface area contributed by atoms with Crippen LogP contribution in [-0.4, -0.2) is 55.1 Å². The van der Waals surface area contributed by atoms with Gasteiger partial charge in [-0.05, 0) is 59.3 Å². The number of hydrogen-bond donors (Lipinski definition) is 1. The minimum Gasteiger partial charge on any atom is -0.311 e. The fourth-order valence-corrected chi connectivity index (χ4v) is 3.40. The molecule has 0 amide bonds. The second-order valence-electron chi connectivity index (χ2n) is 7.69. The summed E-state index contributed by atoms with van der Waals surface area (Å²) in [6.45, 7) is 10.2. The molecule has 0 saturated carbocycles. The SMILES string of the molecule is Cc1ccc(CNCC(C)(C)N2CCC(N(C)C)CC2)c(F)c1. The van der Waals surface area contributed by atoms with E-state index in [0.29, 0.717) is 12.6 Å². The lowest BCUT2D eigenvalue weighted by Gasteiger charge is -2.44. The first-order valence-electron chi connectivity index (χ1n) is 8.67. The topological polar surface area (TPSA) is 18.5 Å². The molecule has 0 atom stereocenters. The van der Waals surface area contributed by atoms with Crippen molar-refractivity contribution < 1.29 is 4.39 Å². The van der Waals surface area contributed by atoms with Gasteiger partial charge < -0.3 is 10.2 Å². The molecule has 130 valence electrons. The van der Waals surface area contributed by atoms with Crippen LogP contribution in [0.3, 0.4) is 0 Å². The monoisotopic (exact) mass is 321 g/mol. The predicted octanol–water partition coefficient (Wildman–Crippen LogP) is 3.03. The summed E-state index contributed by atoms with van der Waals surface area (Å²) in [7, 11) is 4.34. The van der Waals surface area contributed by atoms with Crippen LogP contribution in [-0.2, 0) is 6.54 Å². The summed E-state index contributed by atoms with van der Waals surface area (Å²) in [6, 6.07) is 6.16. The molecule has 1 aliphatic rings. The van der Waals surface area contributed by atoms with Crippen LogP contribution < -0.4 is 5.32 Å². The number of benzene rings is 1. The first-order valence-corrected chi connectivity index (χ1v) is 8.67. The second kappa shape index (κ2) is 7.73. The van der Waals surface area contributed by atoms with Gasteiger partial charge in [0, 0.05) is 43.3 Å². The molecule has 1 aromatic rings. The lowest BCUT2D eigenvalue weighted by atomic mass is 9.95. The van der Waals surface area contributed by atoms with E-state index in [9.17, 15) is 4.39 Å². The molecule has 3 nitrogen and oxygen atoms in total. The lowest BCUT2D eigenvalue weighted by Crippen LogP contribution is -2.55. The standard InChI is InChI=1S/C19H32FN3/c1-15-6-7-16(18(20)12-15)13-21-14-19(2,3)23-10-8-17(9-11-23)22(4)5/h6-7,12,17,21H,8-11,13-14H2,1-5H3. The van der Waals surface area contributed by atoms with Crippen molar-refractivity contribution in [3.8, 4) is 0 Å². The smallest absolute Gasteiger partial charge is 0.127 e. The zero-order chi connectivity index (χ0) is 17.0. The van der Waals surface area contributed by atoms with E-state index in [1.54, 1.807) is 6.07 Å². The van der Waals surface area contributed by atoms with Gasteiger partial charge >= 0.3 is 0 Å². The molecule has 0 aromatic heterocycles. The van der Waals surface area contributed by atoms with E-state index in [4.69, 9.17) is 0 Å². The van der Waals surface area contributed by atoms with Crippen LogP contribution in [0, 0.1) is 12.7 Å². The van der Waals surface area contributed by atoms with Gasteiger partial charge in [0.15, 0.2) is 0 Å². The van der Waals surface area contributed by atoms with Crippen molar-refractivity contribution in [2.75, 3.05) is 33.7 Å². The van der Waals surface area contributed by atoms with Gasteiger partial charge in [0.05, 0.1) is 0 Å². The Bertz CT molecular complexity index is 505.